The molecule has 0 saturated carbocycles. The molecule has 3 aromatic rings. The number of nitrogens with two attached hydrogens (primary N) is 1. The summed E-state index contributed by atoms with van der Waals surface area (Å²) < 4.78 is 5.54. The summed E-state index contributed by atoms with van der Waals surface area (Å²) in [7, 11) is 0. The molecule has 0 spiro atoms. The van der Waals surface area contributed by atoms with Crippen molar-refractivity contribution in [3.05, 3.63) is 59.8 Å². The zero-order valence-corrected chi connectivity index (χ0v) is 17.4. The number of thiol groups is 1. The molecule has 4 N–H and O–H groups in total. The van der Waals surface area contributed by atoms with Gasteiger partial charge in [-0.2, -0.15) is 12.6 Å². The van der Waals surface area contributed by atoms with Crippen LogP contribution in [0.15, 0.2) is 43.1 Å². The first-order valence-electron chi connectivity index (χ1n) is 9.33. The van der Waals surface area contributed by atoms with E-state index >= 15 is 0 Å². The largest absolute Gasteiger partial charge is 0.505 e. The van der Waals surface area contributed by atoms with Gasteiger partial charge in [-0.15, -0.1) is 15.0 Å². The minimum Gasteiger partial charge on any atom is -0.505 e. The molecule has 1 heterocycles. The Bertz CT molecular complexity index is 1120. The number of rotatable bonds is 8. The molecule has 0 unspecified atom stereocenters. The van der Waals surface area contributed by atoms with Crippen molar-refractivity contribution in [1.82, 2.24) is 20.3 Å². The standard InChI is InChI=1S/C21H23N5O3S/c1-3-23-21(28)14-4-6-17-18(12-14)25-26(24-17)19-7-5-15(13(2)29-10-11-30)16(8-9-22)20(19)27/h4-9,12,27,30H,2-3,10-11,22H2,1H3,(H,23,28)/b9-8-. The molecule has 9 heteroatoms. The van der Waals surface area contributed by atoms with Crippen molar-refractivity contribution in [1.29, 1.82) is 0 Å². The Balaban J connectivity index is 2.04. The van der Waals surface area contributed by atoms with Crippen LogP contribution in [0.4, 0.5) is 0 Å². The van der Waals surface area contributed by atoms with Crippen molar-refractivity contribution >= 4 is 41.4 Å². The number of phenols is 1. The Morgan fingerprint density at radius 2 is 2.10 bits per heavy atom. The van der Waals surface area contributed by atoms with Gasteiger partial charge in [-0.3, -0.25) is 4.79 Å². The smallest absolute Gasteiger partial charge is 0.251 e. The van der Waals surface area contributed by atoms with Gasteiger partial charge in [0.05, 0.1) is 6.61 Å². The SMILES string of the molecule is C=C(OCCS)c1ccc(-n2nc3ccc(C(=O)NCC)cc3n2)c(O)c1/C=C\N. The fourth-order valence-corrected chi connectivity index (χ4v) is 3.03. The summed E-state index contributed by atoms with van der Waals surface area (Å²) in [5.41, 5.74) is 8.55. The molecule has 0 saturated heterocycles. The van der Waals surface area contributed by atoms with E-state index in [9.17, 15) is 9.90 Å². The molecule has 156 valence electrons. The number of carbonyl (C=O) groups is 1. The number of nitrogens with one attached hydrogen (secondary N) is 1. The number of hydrogen-bond acceptors (Lipinski definition) is 7. The molecule has 0 atom stereocenters. The van der Waals surface area contributed by atoms with E-state index in [0.29, 0.717) is 58.1 Å². The summed E-state index contributed by atoms with van der Waals surface area (Å²) in [6.45, 7) is 6.68. The fraction of sp³-hybridized carbons (Fsp3) is 0.190. The molecular formula is C21H23N5O3S. The molecule has 1 aromatic heterocycles. The van der Waals surface area contributed by atoms with Gasteiger partial charge < -0.3 is 20.9 Å². The monoisotopic (exact) mass is 425 g/mol. The minimum atomic E-state index is -0.184. The van der Waals surface area contributed by atoms with Gasteiger partial charge >= 0.3 is 0 Å². The van der Waals surface area contributed by atoms with Gasteiger partial charge in [0.2, 0.25) is 0 Å². The Kier molecular flexibility index (Phi) is 6.63. The van der Waals surface area contributed by atoms with Crippen molar-refractivity contribution in [2.75, 3.05) is 18.9 Å². The van der Waals surface area contributed by atoms with Crippen LogP contribution in [0.2, 0.25) is 0 Å². The lowest BCUT2D eigenvalue weighted by molar-refractivity contribution is 0.0956. The molecule has 0 aliphatic rings. The number of phenolic OH excluding ortho intramolecular Hbond substituents is 1. The third-order valence-electron chi connectivity index (χ3n) is 4.32. The van der Waals surface area contributed by atoms with Gasteiger partial charge in [0, 0.05) is 29.0 Å². The van der Waals surface area contributed by atoms with Crippen LogP contribution in [0.3, 0.4) is 0 Å². The fourth-order valence-electron chi connectivity index (χ4n) is 2.94. The second kappa shape index (κ2) is 9.36. The van der Waals surface area contributed by atoms with E-state index in [1.54, 1.807) is 36.4 Å². The van der Waals surface area contributed by atoms with Crippen LogP contribution < -0.4 is 11.1 Å². The summed E-state index contributed by atoms with van der Waals surface area (Å²) in [5, 5.41) is 22.5. The molecule has 3 rings (SSSR count). The summed E-state index contributed by atoms with van der Waals surface area (Å²) >= 11 is 4.12. The second-order valence-corrected chi connectivity index (χ2v) is 6.75. The van der Waals surface area contributed by atoms with E-state index in [-0.39, 0.29) is 11.7 Å². The first-order valence-corrected chi connectivity index (χ1v) is 9.96. The van der Waals surface area contributed by atoms with Crippen LogP contribution >= 0.6 is 12.6 Å². The number of ether oxygens (including phenoxy) is 1. The third kappa shape index (κ3) is 4.25. The van der Waals surface area contributed by atoms with Crippen molar-refractivity contribution < 1.29 is 14.6 Å². The lowest BCUT2D eigenvalue weighted by Crippen LogP contribution is -2.22. The lowest BCUT2D eigenvalue weighted by Gasteiger charge is -2.14. The van der Waals surface area contributed by atoms with Gasteiger partial charge in [0.25, 0.3) is 5.91 Å². The molecule has 2 aromatic carbocycles. The molecule has 8 nitrogen and oxygen atoms in total. The van der Waals surface area contributed by atoms with Crippen molar-refractivity contribution in [2.45, 2.75) is 6.92 Å². The molecule has 30 heavy (non-hydrogen) atoms. The summed E-state index contributed by atoms with van der Waals surface area (Å²) in [6, 6.07) is 8.46. The molecule has 0 fully saturated rings. The van der Waals surface area contributed by atoms with Crippen LogP contribution in [-0.2, 0) is 4.74 Å². The summed E-state index contributed by atoms with van der Waals surface area (Å²) in [5.74, 6) is 0.669. The van der Waals surface area contributed by atoms with Crippen LogP contribution in [0.25, 0.3) is 28.6 Å². The molecule has 1 amide bonds. The van der Waals surface area contributed by atoms with Gasteiger partial charge in [0.15, 0.2) is 5.75 Å². The molecule has 0 aliphatic heterocycles. The number of fused-ring (bicyclic) bond motifs is 1. The van der Waals surface area contributed by atoms with Gasteiger partial charge in [0.1, 0.15) is 22.5 Å². The average Bonchev–Trinajstić information content (AvgIpc) is 3.16. The zero-order valence-electron chi connectivity index (χ0n) is 16.5. The van der Waals surface area contributed by atoms with E-state index in [4.69, 9.17) is 10.5 Å². The number of amides is 1. The molecule has 0 bridgehead atoms. The quantitative estimate of drug-likeness (QED) is 0.326. The summed E-state index contributed by atoms with van der Waals surface area (Å²) in [4.78, 5) is 13.4. The van der Waals surface area contributed by atoms with Crippen LogP contribution in [0.1, 0.15) is 28.4 Å². The van der Waals surface area contributed by atoms with Gasteiger partial charge in [-0.1, -0.05) is 6.58 Å². The maximum absolute atomic E-state index is 12.1. The molecule has 0 radical (unpaired) electrons. The average molecular weight is 426 g/mol. The van der Waals surface area contributed by atoms with Crippen LogP contribution in [-0.4, -0.2) is 44.9 Å². The molecular weight excluding hydrogens is 402 g/mol. The second-order valence-electron chi connectivity index (χ2n) is 6.30. The highest BCUT2D eigenvalue weighted by Gasteiger charge is 2.17. The van der Waals surface area contributed by atoms with Crippen molar-refractivity contribution in [2.24, 2.45) is 5.73 Å². The highest BCUT2D eigenvalue weighted by molar-refractivity contribution is 7.80. The highest BCUT2D eigenvalue weighted by Crippen LogP contribution is 2.33. The normalized spacial score (nSPS) is 11.1. The Morgan fingerprint density at radius 1 is 1.33 bits per heavy atom. The Morgan fingerprint density at radius 3 is 2.80 bits per heavy atom. The van der Waals surface area contributed by atoms with Crippen molar-refractivity contribution in [3.63, 3.8) is 0 Å². The maximum Gasteiger partial charge on any atom is 0.251 e. The zero-order chi connectivity index (χ0) is 21.7. The number of aromatic hydroxyl groups is 1. The minimum absolute atomic E-state index is 0.0749. The topological polar surface area (TPSA) is 115 Å². The lowest BCUT2D eigenvalue weighted by atomic mass is 10.0. The molecule has 0 aliphatic carbocycles. The third-order valence-corrected chi connectivity index (χ3v) is 4.50. The van der Waals surface area contributed by atoms with E-state index in [0.717, 1.165) is 0 Å². The Hall–Kier alpha value is -3.46. The predicted octanol–water partition coefficient (Wildman–Crippen LogP) is 2.72. The predicted molar refractivity (Wildman–Crippen MR) is 121 cm³/mol. The van der Waals surface area contributed by atoms with Crippen LogP contribution in [0.5, 0.6) is 5.75 Å². The van der Waals surface area contributed by atoms with E-state index in [1.807, 2.05) is 6.92 Å². The van der Waals surface area contributed by atoms with E-state index in [2.05, 4.69) is 34.7 Å². The van der Waals surface area contributed by atoms with E-state index in [1.165, 1.54) is 11.0 Å². The van der Waals surface area contributed by atoms with E-state index < -0.39 is 0 Å². The van der Waals surface area contributed by atoms with Crippen molar-refractivity contribution in [3.8, 4) is 11.4 Å². The van der Waals surface area contributed by atoms with Crippen LogP contribution in [0, 0.1) is 0 Å². The highest BCUT2D eigenvalue weighted by atomic mass is 32.1. The first kappa shape index (κ1) is 21.3. The number of hydrogen-bond donors (Lipinski definition) is 4. The maximum atomic E-state index is 12.1. The van der Waals surface area contributed by atoms with Gasteiger partial charge in [-0.05, 0) is 49.5 Å². The summed E-state index contributed by atoms with van der Waals surface area (Å²) in [6.07, 6.45) is 2.87. The number of aromatic nitrogens is 3. The number of benzene rings is 2. The first-order chi connectivity index (χ1) is 14.5. The Labute approximate surface area is 179 Å². The number of nitrogens with zero attached hydrogens (tertiary/aromatic N) is 3. The van der Waals surface area contributed by atoms with Gasteiger partial charge in [-0.25, -0.2) is 0 Å². The number of carbonyl (C=O) groups excluding carboxylic acids is 1.